The zero-order chi connectivity index (χ0) is 18.6. The number of nitrogens with one attached hydrogen (secondary N) is 1. The van der Waals surface area contributed by atoms with Crippen LogP contribution >= 0.6 is 0 Å². The zero-order valence-electron chi connectivity index (χ0n) is 15.4. The molecule has 0 saturated carbocycles. The van der Waals surface area contributed by atoms with Gasteiger partial charge in [0.2, 0.25) is 0 Å². The van der Waals surface area contributed by atoms with E-state index in [1.807, 2.05) is 36.4 Å². The van der Waals surface area contributed by atoms with Crippen LogP contribution in [0.3, 0.4) is 0 Å². The molecule has 5 nitrogen and oxygen atoms in total. The molecule has 0 heterocycles. The number of carbonyl (C=O) groups is 1. The van der Waals surface area contributed by atoms with Crippen LogP contribution in [0.5, 0.6) is 11.5 Å². The Balaban J connectivity index is 1.78. The van der Waals surface area contributed by atoms with Crippen LogP contribution < -0.4 is 14.9 Å². The van der Waals surface area contributed by atoms with Gasteiger partial charge in [0.05, 0.1) is 19.9 Å². The van der Waals surface area contributed by atoms with E-state index in [2.05, 4.69) is 17.5 Å². The van der Waals surface area contributed by atoms with Crippen LogP contribution in [-0.4, -0.2) is 25.8 Å². The quantitative estimate of drug-likeness (QED) is 0.390. The second-order valence-corrected chi connectivity index (χ2v) is 5.91. The molecule has 138 valence electrons. The minimum absolute atomic E-state index is 0.260. The topological polar surface area (TPSA) is 59.9 Å². The SMILES string of the molecule is CCCCCCOc1ccc(C(=O)NN=Cc2ccc(OC)cc2)cc1. The van der Waals surface area contributed by atoms with E-state index < -0.39 is 0 Å². The Bertz CT molecular complexity index is 694. The molecule has 0 aromatic heterocycles. The van der Waals surface area contributed by atoms with E-state index in [1.54, 1.807) is 25.5 Å². The number of carbonyl (C=O) groups excluding carboxylic acids is 1. The molecule has 2 aromatic carbocycles. The summed E-state index contributed by atoms with van der Waals surface area (Å²) < 4.78 is 10.8. The average Bonchev–Trinajstić information content (AvgIpc) is 2.69. The molecular weight excluding hydrogens is 328 g/mol. The number of rotatable bonds is 10. The third-order valence-corrected chi connectivity index (χ3v) is 3.88. The lowest BCUT2D eigenvalue weighted by molar-refractivity contribution is 0.0955. The lowest BCUT2D eigenvalue weighted by Gasteiger charge is -2.06. The number of methoxy groups -OCH3 is 1. The van der Waals surface area contributed by atoms with E-state index in [9.17, 15) is 4.79 Å². The molecule has 1 amide bonds. The normalized spacial score (nSPS) is 10.7. The molecule has 0 aliphatic rings. The zero-order valence-corrected chi connectivity index (χ0v) is 15.4. The molecule has 26 heavy (non-hydrogen) atoms. The second kappa shape index (κ2) is 10.9. The maximum atomic E-state index is 12.1. The van der Waals surface area contributed by atoms with Crippen molar-refractivity contribution in [3.8, 4) is 11.5 Å². The van der Waals surface area contributed by atoms with Crippen molar-refractivity contribution in [1.29, 1.82) is 0 Å². The molecule has 0 fully saturated rings. The Morgan fingerprint density at radius 2 is 1.69 bits per heavy atom. The molecule has 0 aliphatic heterocycles. The first-order chi connectivity index (χ1) is 12.7. The monoisotopic (exact) mass is 354 g/mol. The number of hydrazone groups is 1. The van der Waals surface area contributed by atoms with E-state index in [1.165, 1.54) is 19.3 Å². The predicted octanol–water partition coefficient (Wildman–Crippen LogP) is 4.42. The summed E-state index contributed by atoms with van der Waals surface area (Å²) in [7, 11) is 1.62. The first-order valence-electron chi connectivity index (χ1n) is 8.93. The van der Waals surface area contributed by atoms with E-state index in [0.29, 0.717) is 12.2 Å². The van der Waals surface area contributed by atoms with Crippen LogP contribution in [0, 0.1) is 0 Å². The minimum Gasteiger partial charge on any atom is -0.497 e. The van der Waals surface area contributed by atoms with Crippen molar-refractivity contribution in [2.75, 3.05) is 13.7 Å². The van der Waals surface area contributed by atoms with Gasteiger partial charge in [-0.1, -0.05) is 26.2 Å². The highest BCUT2D eigenvalue weighted by atomic mass is 16.5. The second-order valence-electron chi connectivity index (χ2n) is 5.91. The van der Waals surface area contributed by atoms with Gasteiger partial charge in [0.15, 0.2) is 0 Å². The van der Waals surface area contributed by atoms with Crippen LogP contribution in [0.15, 0.2) is 53.6 Å². The van der Waals surface area contributed by atoms with Gasteiger partial charge in [0, 0.05) is 5.56 Å². The van der Waals surface area contributed by atoms with Crippen molar-refractivity contribution in [3.63, 3.8) is 0 Å². The highest BCUT2D eigenvalue weighted by Crippen LogP contribution is 2.13. The summed E-state index contributed by atoms with van der Waals surface area (Å²) in [6.45, 7) is 2.89. The number of amides is 1. The Kier molecular flexibility index (Phi) is 8.19. The standard InChI is InChI=1S/C21H26N2O3/c1-3-4-5-6-15-26-20-13-9-18(10-14-20)21(24)23-22-16-17-7-11-19(25-2)12-8-17/h7-14,16H,3-6,15H2,1-2H3,(H,23,24). The van der Waals surface area contributed by atoms with E-state index in [4.69, 9.17) is 9.47 Å². The number of benzene rings is 2. The van der Waals surface area contributed by atoms with Gasteiger partial charge in [-0.25, -0.2) is 5.43 Å². The number of unbranched alkanes of at least 4 members (excludes halogenated alkanes) is 3. The smallest absolute Gasteiger partial charge is 0.271 e. The van der Waals surface area contributed by atoms with Gasteiger partial charge >= 0.3 is 0 Å². The van der Waals surface area contributed by atoms with Gasteiger partial charge in [0.25, 0.3) is 5.91 Å². The van der Waals surface area contributed by atoms with Crippen LogP contribution in [0.25, 0.3) is 0 Å². The highest BCUT2D eigenvalue weighted by Gasteiger charge is 2.04. The fourth-order valence-corrected chi connectivity index (χ4v) is 2.34. The molecule has 0 bridgehead atoms. The van der Waals surface area contributed by atoms with Gasteiger partial charge in [0.1, 0.15) is 11.5 Å². The van der Waals surface area contributed by atoms with E-state index >= 15 is 0 Å². The van der Waals surface area contributed by atoms with Crippen molar-refractivity contribution >= 4 is 12.1 Å². The maximum absolute atomic E-state index is 12.1. The molecule has 0 unspecified atom stereocenters. The molecule has 0 spiro atoms. The molecule has 1 N–H and O–H groups in total. The first kappa shape index (κ1) is 19.5. The summed E-state index contributed by atoms with van der Waals surface area (Å²) in [6.07, 6.45) is 6.27. The van der Waals surface area contributed by atoms with Crippen molar-refractivity contribution in [1.82, 2.24) is 5.43 Å². The van der Waals surface area contributed by atoms with Crippen molar-refractivity contribution < 1.29 is 14.3 Å². The Morgan fingerprint density at radius 1 is 1.00 bits per heavy atom. The highest BCUT2D eigenvalue weighted by molar-refractivity contribution is 5.95. The van der Waals surface area contributed by atoms with Crippen molar-refractivity contribution in [3.05, 3.63) is 59.7 Å². The first-order valence-corrected chi connectivity index (χ1v) is 8.93. The third kappa shape index (κ3) is 6.59. The number of hydrogen-bond donors (Lipinski definition) is 1. The summed E-state index contributed by atoms with van der Waals surface area (Å²) >= 11 is 0. The Morgan fingerprint density at radius 3 is 2.35 bits per heavy atom. The molecule has 0 saturated heterocycles. The van der Waals surface area contributed by atoms with Crippen LogP contribution in [0.2, 0.25) is 0 Å². The molecule has 5 heteroatoms. The number of ether oxygens (including phenoxy) is 2. The van der Waals surface area contributed by atoms with E-state index in [0.717, 1.165) is 23.5 Å². The maximum Gasteiger partial charge on any atom is 0.271 e. The Labute approximate surface area is 155 Å². The number of nitrogens with zero attached hydrogens (tertiary/aromatic N) is 1. The molecule has 2 aromatic rings. The molecular formula is C21H26N2O3. The Hall–Kier alpha value is -2.82. The van der Waals surface area contributed by atoms with Crippen LogP contribution in [0.1, 0.15) is 48.5 Å². The summed E-state index contributed by atoms with van der Waals surface area (Å²) in [5.41, 5.74) is 3.93. The molecule has 0 radical (unpaired) electrons. The molecule has 0 aliphatic carbocycles. The lowest BCUT2D eigenvalue weighted by atomic mass is 10.2. The largest absolute Gasteiger partial charge is 0.497 e. The van der Waals surface area contributed by atoms with Gasteiger partial charge in [-0.2, -0.15) is 5.10 Å². The van der Waals surface area contributed by atoms with Gasteiger partial charge < -0.3 is 9.47 Å². The summed E-state index contributed by atoms with van der Waals surface area (Å²) in [6, 6.07) is 14.5. The average molecular weight is 354 g/mol. The van der Waals surface area contributed by atoms with Gasteiger partial charge in [-0.3, -0.25) is 4.79 Å². The van der Waals surface area contributed by atoms with Crippen molar-refractivity contribution in [2.45, 2.75) is 32.6 Å². The minimum atomic E-state index is -0.260. The van der Waals surface area contributed by atoms with Crippen molar-refractivity contribution in [2.24, 2.45) is 5.10 Å². The fourth-order valence-electron chi connectivity index (χ4n) is 2.34. The predicted molar refractivity (Wildman–Crippen MR) is 104 cm³/mol. The third-order valence-electron chi connectivity index (χ3n) is 3.88. The fraction of sp³-hybridized carbons (Fsp3) is 0.333. The lowest BCUT2D eigenvalue weighted by Crippen LogP contribution is -2.17. The molecule has 0 atom stereocenters. The van der Waals surface area contributed by atoms with Crippen LogP contribution in [0.4, 0.5) is 0 Å². The summed E-state index contributed by atoms with van der Waals surface area (Å²) in [5.74, 6) is 1.29. The van der Waals surface area contributed by atoms with Crippen LogP contribution in [-0.2, 0) is 0 Å². The van der Waals surface area contributed by atoms with E-state index in [-0.39, 0.29) is 5.91 Å². The van der Waals surface area contributed by atoms with Gasteiger partial charge in [-0.15, -0.1) is 0 Å². The number of hydrogen-bond acceptors (Lipinski definition) is 4. The summed E-state index contributed by atoms with van der Waals surface area (Å²) in [5, 5.41) is 3.98. The van der Waals surface area contributed by atoms with Gasteiger partial charge in [-0.05, 0) is 60.5 Å². The summed E-state index contributed by atoms with van der Waals surface area (Å²) in [4.78, 5) is 12.1. The molecule has 2 rings (SSSR count).